The second-order valence-electron chi connectivity index (χ2n) is 9.35. The van der Waals surface area contributed by atoms with E-state index in [4.69, 9.17) is 11.5 Å². The normalized spacial score (nSPS) is 17.0. The minimum atomic E-state index is -0.673. The Balaban J connectivity index is 1.26. The molecule has 2 aromatic heterocycles. The van der Waals surface area contributed by atoms with E-state index in [1.807, 2.05) is 12.1 Å². The van der Waals surface area contributed by atoms with Crippen molar-refractivity contribution in [3.63, 3.8) is 0 Å². The summed E-state index contributed by atoms with van der Waals surface area (Å²) in [6.45, 7) is 2.05. The molecule has 1 aromatic carbocycles. The molecule has 0 saturated heterocycles. The van der Waals surface area contributed by atoms with E-state index in [1.54, 1.807) is 55.2 Å². The zero-order valence-electron chi connectivity index (χ0n) is 21.3. The molecule has 2 unspecified atom stereocenters. The van der Waals surface area contributed by atoms with E-state index in [0.29, 0.717) is 36.6 Å². The average Bonchev–Trinajstić information content (AvgIpc) is 3.38. The molecule has 11 nitrogen and oxygen atoms in total. The molecule has 0 spiro atoms. The third-order valence-electron chi connectivity index (χ3n) is 6.57. The molecular formula is C27H28N8O3S. The van der Waals surface area contributed by atoms with Gasteiger partial charge in [0.1, 0.15) is 29.2 Å². The summed E-state index contributed by atoms with van der Waals surface area (Å²) in [6, 6.07) is 9.12. The molecular weight excluding hydrogens is 516 g/mol. The van der Waals surface area contributed by atoms with Crippen molar-refractivity contribution in [1.29, 1.82) is 0 Å². The smallest absolute Gasteiger partial charge is 0.278 e. The number of hydrogen-bond donors (Lipinski definition) is 4. The minimum Gasteiger partial charge on any atom is -0.385 e. The van der Waals surface area contributed by atoms with Gasteiger partial charge in [-0.2, -0.15) is 4.99 Å². The van der Waals surface area contributed by atoms with Gasteiger partial charge in [0, 0.05) is 40.9 Å². The van der Waals surface area contributed by atoms with Crippen LogP contribution in [0.5, 0.6) is 0 Å². The quantitative estimate of drug-likeness (QED) is 0.257. The first kappa shape index (κ1) is 26.2. The maximum atomic E-state index is 13.3. The van der Waals surface area contributed by atoms with Crippen LogP contribution in [-0.4, -0.2) is 50.5 Å². The van der Waals surface area contributed by atoms with Gasteiger partial charge in [-0.25, -0.2) is 9.97 Å². The summed E-state index contributed by atoms with van der Waals surface area (Å²) in [4.78, 5) is 52.4. The van der Waals surface area contributed by atoms with Gasteiger partial charge < -0.3 is 22.1 Å². The molecule has 2 aliphatic rings. The van der Waals surface area contributed by atoms with Crippen LogP contribution in [0.25, 0.3) is 6.08 Å². The van der Waals surface area contributed by atoms with Crippen molar-refractivity contribution in [2.45, 2.75) is 36.7 Å². The summed E-state index contributed by atoms with van der Waals surface area (Å²) >= 11 is 1.64. The molecule has 2 aliphatic heterocycles. The number of amidine groups is 1. The van der Waals surface area contributed by atoms with Crippen LogP contribution >= 0.6 is 11.8 Å². The van der Waals surface area contributed by atoms with Gasteiger partial charge in [-0.15, -0.1) is 11.8 Å². The molecule has 0 fully saturated rings. The number of aryl methyl sites for hydroxylation is 1. The van der Waals surface area contributed by atoms with E-state index in [-0.39, 0.29) is 23.0 Å². The lowest BCUT2D eigenvalue weighted by molar-refractivity contribution is -0.124. The predicted molar refractivity (Wildman–Crippen MR) is 152 cm³/mol. The Labute approximate surface area is 228 Å². The van der Waals surface area contributed by atoms with Crippen molar-refractivity contribution in [2.24, 2.45) is 10.7 Å². The molecule has 6 N–H and O–H groups in total. The van der Waals surface area contributed by atoms with Crippen LogP contribution in [0, 0.1) is 0 Å². The van der Waals surface area contributed by atoms with Gasteiger partial charge in [0.25, 0.3) is 11.5 Å². The summed E-state index contributed by atoms with van der Waals surface area (Å²) in [7, 11) is 0. The summed E-state index contributed by atoms with van der Waals surface area (Å²) in [6.07, 6.45) is 6.15. The topological polar surface area (TPSA) is 170 Å². The van der Waals surface area contributed by atoms with Crippen LogP contribution in [0.2, 0.25) is 0 Å². The Morgan fingerprint density at radius 2 is 2.03 bits per heavy atom. The zero-order valence-corrected chi connectivity index (χ0v) is 22.1. The van der Waals surface area contributed by atoms with Crippen molar-refractivity contribution in [3.8, 4) is 0 Å². The second kappa shape index (κ2) is 11.1. The number of nitrogen functional groups attached to an aromatic ring is 1. The summed E-state index contributed by atoms with van der Waals surface area (Å²) in [5.74, 6) is 1.05. The van der Waals surface area contributed by atoms with Crippen LogP contribution in [-0.2, 0) is 11.2 Å². The van der Waals surface area contributed by atoms with Gasteiger partial charge in [-0.05, 0) is 37.1 Å². The Morgan fingerprint density at radius 3 is 2.82 bits per heavy atom. The van der Waals surface area contributed by atoms with Crippen molar-refractivity contribution >= 4 is 47.0 Å². The van der Waals surface area contributed by atoms with Gasteiger partial charge in [0.2, 0.25) is 5.91 Å². The number of aromatic nitrogens is 3. The van der Waals surface area contributed by atoms with Crippen molar-refractivity contribution in [3.05, 3.63) is 81.7 Å². The lowest BCUT2D eigenvalue weighted by Gasteiger charge is -2.19. The van der Waals surface area contributed by atoms with Gasteiger partial charge in [-0.1, -0.05) is 24.3 Å². The Kier molecular flexibility index (Phi) is 7.46. The second-order valence-corrected chi connectivity index (χ2v) is 10.4. The van der Waals surface area contributed by atoms with Gasteiger partial charge in [0.05, 0.1) is 12.2 Å². The van der Waals surface area contributed by atoms with Gasteiger partial charge in [-0.3, -0.25) is 19.0 Å². The number of pyridine rings is 1. The van der Waals surface area contributed by atoms with E-state index < -0.39 is 18.0 Å². The molecule has 5 rings (SSSR count). The maximum Gasteiger partial charge on any atom is 0.278 e. The minimum absolute atomic E-state index is 0.0288. The van der Waals surface area contributed by atoms with Crippen LogP contribution < -0.4 is 27.7 Å². The van der Waals surface area contributed by atoms with Crippen molar-refractivity contribution in [1.82, 2.24) is 19.9 Å². The highest BCUT2D eigenvalue weighted by atomic mass is 32.2. The highest BCUT2D eigenvalue weighted by molar-refractivity contribution is 7.99. The lowest BCUT2D eigenvalue weighted by atomic mass is 10.1. The van der Waals surface area contributed by atoms with Crippen molar-refractivity contribution < 1.29 is 9.59 Å². The van der Waals surface area contributed by atoms with E-state index >= 15 is 0 Å². The van der Waals surface area contributed by atoms with E-state index in [1.165, 1.54) is 10.8 Å². The van der Waals surface area contributed by atoms with Gasteiger partial charge >= 0.3 is 0 Å². The van der Waals surface area contributed by atoms with E-state index in [0.717, 1.165) is 21.8 Å². The highest BCUT2D eigenvalue weighted by Crippen LogP contribution is 2.32. The summed E-state index contributed by atoms with van der Waals surface area (Å²) < 4.78 is 1.43. The number of anilines is 2. The molecule has 4 heterocycles. The number of thioether (sulfide) groups is 1. The molecule has 39 heavy (non-hydrogen) atoms. The summed E-state index contributed by atoms with van der Waals surface area (Å²) in [5.41, 5.74) is 14.0. The summed E-state index contributed by atoms with van der Waals surface area (Å²) in [5, 5.41) is 5.96. The van der Waals surface area contributed by atoms with Gasteiger partial charge in [0.15, 0.2) is 0 Å². The number of carbonyl (C=O) groups is 2. The predicted octanol–water partition coefficient (Wildman–Crippen LogP) is 2.01. The number of nitrogens with one attached hydrogen (secondary N) is 2. The van der Waals surface area contributed by atoms with Crippen LogP contribution in [0.15, 0.2) is 69.0 Å². The largest absolute Gasteiger partial charge is 0.385 e. The lowest BCUT2D eigenvalue weighted by Crippen LogP contribution is -2.40. The number of benzene rings is 1. The number of aliphatic imine (C=N–C) groups is 1. The molecule has 0 bridgehead atoms. The fourth-order valence-corrected chi connectivity index (χ4v) is 5.48. The molecule has 12 heteroatoms. The third-order valence-corrected chi connectivity index (χ3v) is 7.75. The number of carbonyl (C=O) groups excluding carboxylic acids is 2. The maximum absolute atomic E-state index is 13.3. The van der Waals surface area contributed by atoms with Crippen LogP contribution in [0.4, 0.5) is 11.5 Å². The first-order valence-corrected chi connectivity index (χ1v) is 13.4. The molecule has 3 aromatic rings. The molecule has 200 valence electrons. The first-order chi connectivity index (χ1) is 18.8. The first-order valence-electron chi connectivity index (χ1n) is 12.5. The number of fused-ring (bicyclic) bond motifs is 2. The highest BCUT2D eigenvalue weighted by Gasteiger charge is 2.31. The fourth-order valence-electron chi connectivity index (χ4n) is 4.47. The SMILES string of the molecule is CC(Nc1cnc2n(c1=O)C(C(=O)NCC1=Cc3cnc(N)cc3SC1)CC2)C(N)=NC(=O)c1ccccc1. The molecule has 0 aliphatic carbocycles. The Hall–Kier alpha value is -4.45. The number of hydrogen-bond acceptors (Lipinski definition) is 8. The number of amides is 2. The molecule has 0 saturated carbocycles. The molecule has 2 atom stereocenters. The van der Waals surface area contributed by atoms with Crippen LogP contribution in [0.1, 0.15) is 41.1 Å². The zero-order chi connectivity index (χ0) is 27.5. The van der Waals surface area contributed by atoms with Crippen molar-refractivity contribution in [2.75, 3.05) is 23.3 Å². The van der Waals surface area contributed by atoms with Crippen LogP contribution in [0.3, 0.4) is 0 Å². The number of nitrogens with zero attached hydrogens (tertiary/aromatic N) is 4. The number of nitrogens with two attached hydrogens (primary N) is 2. The van der Waals surface area contributed by atoms with E-state index in [2.05, 4.69) is 25.6 Å². The fraction of sp³-hybridized carbons (Fsp3) is 0.259. The van der Waals surface area contributed by atoms with E-state index in [9.17, 15) is 14.4 Å². The average molecular weight is 545 g/mol. The Bertz CT molecular complexity index is 1550. The molecule has 2 amide bonds. The third kappa shape index (κ3) is 5.70. The monoisotopic (exact) mass is 544 g/mol. The molecule has 0 radical (unpaired) electrons. The standard InChI is InChI=1S/C27H28N8O3S/c1-15(24(29)34-25(36)17-5-3-2-4-6-17)33-19-13-31-23-8-7-20(35(23)27(19)38)26(37)32-11-16-9-18-12-30-22(28)10-21(18)39-14-16/h2-6,9-10,12-13,15,20,33H,7-8,11,14H2,1H3,(H2,28,30)(H,32,37)(H2,29,34,36). The number of rotatable bonds is 7. The Morgan fingerprint density at radius 1 is 1.23 bits per heavy atom.